The first-order chi connectivity index (χ1) is 9.94. The number of amides is 1. The van der Waals surface area contributed by atoms with E-state index in [2.05, 4.69) is 21.2 Å². The van der Waals surface area contributed by atoms with E-state index in [-0.39, 0.29) is 12.5 Å². The van der Waals surface area contributed by atoms with Crippen LogP contribution in [0.4, 0.5) is 0 Å². The fraction of sp³-hybridized carbons (Fsp3) is 0.500. The van der Waals surface area contributed by atoms with E-state index < -0.39 is 11.4 Å². The molecular weight excluding hydrogens is 334 g/mol. The van der Waals surface area contributed by atoms with E-state index in [1.165, 1.54) is 0 Å². The highest BCUT2D eigenvalue weighted by molar-refractivity contribution is 9.10. The van der Waals surface area contributed by atoms with E-state index in [0.29, 0.717) is 18.4 Å². The second-order valence-corrected chi connectivity index (χ2v) is 6.70. The Hall–Kier alpha value is -1.36. The fourth-order valence-electron chi connectivity index (χ4n) is 2.92. The summed E-state index contributed by atoms with van der Waals surface area (Å²) in [6, 6.07) is 5.45. The molecule has 1 aliphatic rings. The highest BCUT2D eigenvalue weighted by Gasteiger charge is 2.39. The molecule has 0 saturated heterocycles. The third kappa shape index (κ3) is 3.64. The molecule has 0 spiro atoms. The maximum atomic E-state index is 12.3. The van der Waals surface area contributed by atoms with Crippen LogP contribution in [0.5, 0.6) is 0 Å². The first-order valence-corrected chi connectivity index (χ1v) is 8.02. The summed E-state index contributed by atoms with van der Waals surface area (Å²) < 4.78 is 0.922. The Bertz CT molecular complexity index is 550. The molecule has 1 aliphatic carbocycles. The van der Waals surface area contributed by atoms with Crippen molar-refractivity contribution in [2.45, 2.75) is 39.0 Å². The van der Waals surface area contributed by atoms with Crippen LogP contribution in [0.3, 0.4) is 0 Å². The standard InChI is InChI=1S/C16H20BrNO3/c1-11-9-12(17)5-6-13(11)14(19)18-10-16(15(20)21)7-3-2-4-8-16/h5-6,9H,2-4,7-8,10H2,1H3,(H,18,19)(H,20,21). The molecule has 1 saturated carbocycles. The van der Waals surface area contributed by atoms with Crippen LogP contribution in [0.2, 0.25) is 0 Å². The minimum absolute atomic E-state index is 0.203. The van der Waals surface area contributed by atoms with Crippen molar-refractivity contribution in [2.24, 2.45) is 5.41 Å². The molecular formula is C16H20BrNO3. The molecule has 1 fully saturated rings. The molecule has 0 heterocycles. The van der Waals surface area contributed by atoms with Crippen LogP contribution < -0.4 is 5.32 Å². The molecule has 0 unspecified atom stereocenters. The number of aryl methyl sites for hydroxylation is 1. The van der Waals surface area contributed by atoms with Gasteiger partial charge in [-0.05, 0) is 43.5 Å². The highest BCUT2D eigenvalue weighted by atomic mass is 79.9. The molecule has 0 radical (unpaired) electrons. The van der Waals surface area contributed by atoms with E-state index in [0.717, 1.165) is 29.3 Å². The molecule has 0 aliphatic heterocycles. The number of nitrogens with one attached hydrogen (secondary N) is 1. The normalized spacial score (nSPS) is 17.2. The lowest BCUT2D eigenvalue weighted by Gasteiger charge is -2.33. The van der Waals surface area contributed by atoms with Gasteiger partial charge < -0.3 is 10.4 Å². The molecule has 0 bridgehead atoms. The molecule has 1 amide bonds. The van der Waals surface area contributed by atoms with Gasteiger partial charge in [0.05, 0.1) is 5.41 Å². The number of rotatable bonds is 4. The maximum Gasteiger partial charge on any atom is 0.311 e. The van der Waals surface area contributed by atoms with Gasteiger partial charge >= 0.3 is 5.97 Å². The molecule has 21 heavy (non-hydrogen) atoms. The van der Waals surface area contributed by atoms with Crippen molar-refractivity contribution in [3.8, 4) is 0 Å². The van der Waals surface area contributed by atoms with Crippen molar-refractivity contribution < 1.29 is 14.7 Å². The van der Waals surface area contributed by atoms with Crippen molar-refractivity contribution in [2.75, 3.05) is 6.54 Å². The number of aliphatic carboxylic acids is 1. The Labute approximate surface area is 133 Å². The van der Waals surface area contributed by atoms with Gasteiger partial charge in [-0.3, -0.25) is 9.59 Å². The van der Waals surface area contributed by atoms with Crippen LogP contribution in [-0.2, 0) is 4.79 Å². The zero-order valence-corrected chi connectivity index (χ0v) is 13.7. The summed E-state index contributed by atoms with van der Waals surface area (Å²) >= 11 is 3.37. The summed E-state index contributed by atoms with van der Waals surface area (Å²) in [5.41, 5.74) is 0.668. The van der Waals surface area contributed by atoms with E-state index in [1.54, 1.807) is 6.07 Å². The lowest BCUT2D eigenvalue weighted by atomic mass is 9.74. The van der Waals surface area contributed by atoms with Crippen molar-refractivity contribution in [1.29, 1.82) is 0 Å². The zero-order valence-electron chi connectivity index (χ0n) is 12.1. The number of carboxylic acid groups (broad SMARTS) is 1. The van der Waals surface area contributed by atoms with Gasteiger partial charge in [-0.2, -0.15) is 0 Å². The summed E-state index contributed by atoms with van der Waals surface area (Å²) in [5.74, 6) is -0.999. The molecule has 0 aromatic heterocycles. The van der Waals surface area contributed by atoms with Gasteiger partial charge in [0, 0.05) is 16.6 Å². The predicted octanol–water partition coefficient (Wildman–Crippen LogP) is 3.52. The number of carbonyl (C=O) groups excluding carboxylic acids is 1. The Balaban J connectivity index is 2.07. The van der Waals surface area contributed by atoms with Gasteiger partial charge in [0.1, 0.15) is 0 Å². The third-order valence-corrected chi connectivity index (χ3v) is 4.78. The second kappa shape index (κ2) is 6.60. The Kier molecular flexibility index (Phi) is 5.04. The summed E-state index contributed by atoms with van der Waals surface area (Å²) in [4.78, 5) is 23.8. The van der Waals surface area contributed by atoms with Crippen LogP contribution in [0.1, 0.15) is 48.0 Å². The predicted molar refractivity (Wildman–Crippen MR) is 84.4 cm³/mol. The summed E-state index contributed by atoms with van der Waals surface area (Å²) in [6.07, 6.45) is 4.19. The molecule has 5 heteroatoms. The number of benzene rings is 1. The van der Waals surface area contributed by atoms with Gasteiger partial charge in [-0.1, -0.05) is 35.2 Å². The first kappa shape index (κ1) is 16.0. The molecule has 2 rings (SSSR count). The quantitative estimate of drug-likeness (QED) is 0.869. The van der Waals surface area contributed by atoms with Crippen molar-refractivity contribution in [1.82, 2.24) is 5.32 Å². The molecule has 4 nitrogen and oxygen atoms in total. The number of carbonyl (C=O) groups is 2. The van der Waals surface area contributed by atoms with Crippen molar-refractivity contribution in [3.05, 3.63) is 33.8 Å². The van der Waals surface area contributed by atoms with E-state index in [9.17, 15) is 14.7 Å². The van der Waals surface area contributed by atoms with Crippen LogP contribution in [0.25, 0.3) is 0 Å². The zero-order chi connectivity index (χ0) is 15.5. The monoisotopic (exact) mass is 353 g/mol. The lowest BCUT2D eigenvalue weighted by Crippen LogP contribution is -2.44. The minimum Gasteiger partial charge on any atom is -0.481 e. The average molecular weight is 354 g/mol. The van der Waals surface area contributed by atoms with E-state index in [1.807, 2.05) is 19.1 Å². The lowest BCUT2D eigenvalue weighted by molar-refractivity contribution is -0.150. The minimum atomic E-state index is -0.796. The topological polar surface area (TPSA) is 66.4 Å². The van der Waals surface area contributed by atoms with Crippen LogP contribution >= 0.6 is 15.9 Å². The molecule has 1 aromatic rings. The molecule has 114 valence electrons. The number of hydrogen-bond acceptors (Lipinski definition) is 2. The maximum absolute atomic E-state index is 12.3. The van der Waals surface area contributed by atoms with Crippen LogP contribution in [-0.4, -0.2) is 23.5 Å². The number of hydrogen-bond donors (Lipinski definition) is 2. The van der Waals surface area contributed by atoms with Gasteiger partial charge in [0.15, 0.2) is 0 Å². The smallest absolute Gasteiger partial charge is 0.311 e. The van der Waals surface area contributed by atoms with Crippen LogP contribution in [0, 0.1) is 12.3 Å². The molecule has 0 atom stereocenters. The second-order valence-electron chi connectivity index (χ2n) is 5.79. The van der Waals surface area contributed by atoms with Gasteiger partial charge in [0.2, 0.25) is 0 Å². The molecule has 1 aromatic carbocycles. The van der Waals surface area contributed by atoms with Gasteiger partial charge in [-0.25, -0.2) is 0 Å². The first-order valence-electron chi connectivity index (χ1n) is 7.22. The summed E-state index contributed by atoms with van der Waals surface area (Å²) in [7, 11) is 0. The van der Waals surface area contributed by atoms with E-state index in [4.69, 9.17) is 0 Å². The molecule has 2 N–H and O–H groups in total. The van der Waals surface area contributed by atoms with Gasteiger partial charge in [-0.15, -0.1) is 0 Å². The van der Waals surface area contributed by atoms with E-state index >= 15 is 0 Å². The third-order valence-electron chi connectivity index (χ3n) is 4.28. The van der Waals surface area contributed by atoms with Crippen LogP contribution in [0.15, 0.2) is 22.7 Å². The average Bonchev–Trinajstić information content (AvgIpc) is 2.45. The Morgan fingerprint density at radius 3 is 2.52 bits per heavy atom. The SMILES string of the molecule is Cc1cc(Br)ccc1C(=O)NCC1(C(=O)O)CCCCC1. The largest absolute Gasteiger partial charge is 0.481 e. The summed E-state index contributed by atoms with van der Waals surface area (Å²) in [6.45, 7) is 2.07. The summed E-state index contributed by atoms with van der Waals surface area (Å²) in [5, 5.41) is 12.3. The van der Waals surface area contributed by atoms with Crippen molar-refractivity contribution in [3.63, 3.8) is 0 Å². The Morgan fingerprint density at radius 2 is 1.95 bits per heavy atom. The number of carboxylic acids is 1. The fourth-order valence-corrected chi connectivity index (χ4v) is 3.40. The van der Waals surface area contributed by atoms with Crippen molar-refractivity contribution >= 4 is 27.8 Å². The number of halogens is 1. The Morgan fingerprint density at radius 1 is 1.29 bits per heavy atom. The highest BCUT2D eigenvalue weighted by Crippen LogP contribution is 2.36. The van der Waals surface area contributed by atoms with Gasteiger partial charge in [0.25, 0.3) is 5.91 Å².